The van der Waals surface area contributed by atoms with E-state index in [0.29, 0.717) is 22.5 Å². The molecule has 0 radical (unpaired) electrons. The third kappa shape index (κ3) is 4.42. The van der Waals surface area contributed by atoms with Gasteiger partial charge in [0.1, 0.15) is 5.75 Å². The summed E-state index contributed by atoms with van der Waals surface area (Å²) in [7, 11) is 1.55. The van der Waals surface area contributed by atoms with Crippen molar-refractivity contribution in [3.05, 3.63) is 88.5 Å². The molecule has 0 saturated heterocycles. The number of nitrogens with two attached hydrogens (primary N) is 1. The Labute approximate surface area is 178 Å². The summed E-state index contributed by atoms with van der Waals surface area (Å²) in [6.07, 6.45) is 4.43. The molecule has 1 aliphatic carbocycles. The lowest BCUT2D eigenvalue weighted by Crippen LogP contribution is -2.12. The first-order valence-corrected chi connectivity index (χ1v) is 8.55. The predicted molar refractivity (Wildman–Crippen MR) is 117 cm³/mol. The SMILES string of the molecule is COc1ccc(C(=C2C=CC(=N)C(C(=O)O)=C2)c2ccc(N)c(C(=O)O)c2)cc1.Cl. The van der Waals surface area contributed by atoms with E-state index in [4.69, 9.17) is 15.9 Å². The topological polar surface area (TPSA) is 134 Å². The average molecular weight is 427 g/mol. The second-order valence-electron chi connectivity index (χ2n) is 6.28. The number of aliphatic carboxylic acids is 1. The second-order valence-corrected chi connectivity index (χ2v) is 6.28. The molecule has 2 aromatic carbocycles. The van der Waals surface area contributed by atoms with Gasteiger partial charge in [-0.1, -0.05) is 24.3 Å². The van der Waals surface area contributed by atoms with Gasteiger partial charge in [0, 0.05) is 5.69 Å². The predicted octanol–water partition coefficient (Wildman–Crippen LogP) is 3.80. The zero-order valence-corrected chi connectivity index (χ0v) is 16.7. The zero-order valence-electron chi connectivity index (χ0n) is 15.9. The van der Waals surface area contributed by atoms with Crippen LogP contribution in [0, 0.1) is 5.41 Å². The minimum atomic E-state index is -1.21. The summed E-state index contributed by atoms with van der Waals surface area (Å²) in [5.41, 5.74) is 8.01. The molecule has 0 fully saturated rings. The zero-order chi connectivity index (χ0) is 21.1. The number of carboxylic acids is 2. The molecule has 0 atom stereocenters. The Morgan fingerprint density at radius 1 is 0.967 bits per heavy atom. The number of aromatic carboxylic acids is 1. The van der Waals surface area contributed by atoms with E-state index in [1.807, 2.05) is 0 Å². The number of carbonyl (C=O) groups is 2. The number of rotatable bonds is 5. The van der Waals surface area contributed by atoms with Crippen LogP contribution in [-0.2, 0) is 4.79 Å². The fourth-order valence-electron chi connectivity index (χ4n) is 3.03. The first-order chi connectivity index (χ1) is 13.8. The smallest absolute Gasteiger partial charge is 0.337 e. The molecule has 0 aliphatic heterocycles. The molecule has 0 unspecified atom stereocenters. The number of ether oxygens (including phenoxy) is 1. The van der Waals surface area contributed by atoms with Gasteiger partial charge < -0.3 is 26.1 Å². The van der Waals surface area contributed by atoms with Crippen LogP contribution in [0.25, 0.3) is 5.57 Å². The van der Waals surface area contributed by atoms with Gasteiger partial charge in [0.2, 0.25) is 0 Å². The van der Waals surface area contributed by atoms with Gasteiger partial charge in [-0.25, -0.2) is 9.59 Å². The lowest BCUT2D eigenvalue weighted by Gasteiger charge is -2.17. The van der Waals surface area contributed by atoms with Crippen molar-refractivity contribution in [1.82, 2.24) is 0 Å². The van der Waals surface area contributed by atoms with Crippen LogP contribution >= 0.6 is 12.4 Å². The highest BCUT2D eigenvalue weighted by atomic mass is 35.5. The quantitative estimate of drug-likeness (QED) is 0.537. The lowest BCUT2D eigenvalue weighted by atomic mass is 9.88. The summed E-state index contributed by atoms with van der Waals surface area (Å²) in [4.78, 5) is 23.0. The highest BCUT2D eigenvalue weighted by Crippen LogP contribution is 2.33. The molecule has 0 saturated carbocycles. The van der Waals surface area contributed by atoms with Crippen molar-refractivity contribution in [3.8, 4) is 5.75 Å². The Kier molecular flexibility index (Phi) is 6.81. The summed E-state index contributed by atoms with van der Waals surface area (Å²) in [5, 5.41) is 26.6. The van der Waals surface area contributed by atoms with Crippen LogP contribution in [0.15, 0.2) is 71.8 Å². The number of halogens is 1. The van der Waals surface area contributed by atoms with Crippen LogP contribution in [0.4, 0.5) is 5.69 Å². The van der Waals surface area contributed by atoms with E-state index in [1.165, 1.54) is 24.3 Å². The van der Waals surface area contributed by atoms with Crippen molar-refractivity contribution in [1.29, 1.82) is 5.41 Å². The van der Waals surface area contributed by atoms with Gasteiger partial charge in [0.25, 0.3) is 0 Å². The molecular formula is C22H19ClN2O5. The Morgan fingerprint density at radius 2 is 1.60 bits per heavy atom. The lowest BCUT2D eigenvalue weighted by molar-refractivity contribution is -0.132. The number of anilines is 1. The number of allylic oxidation sites excluding steroid dienone is 4. The summed E-state index contributed by atoms with van der Waals surface area (Å²) in [6, 6.07) is 11.7. The van der Waals surface area contributed by atoms with Crippen molar-refractivity contribution in [3.63, 3.8) is 0 Å². The van der Waals surface area contributed by atoms with Crippen molar-refractivity contribution in [2.75, 3.05) is 12.8 Å². The molecule has 5 N–H and O–H groups in total. The molecule has 7 nitrogen and oxygen atoms in total. The van der Waals surface area contributed by atoms with E-state index in [-0.39, 0.29) is 34.9 Å². The number of carboxylic acid groups (broad SMARTS) is 2. The number of nitrogen functional groups attached to an aromatic ring is 1. The monoisotopic (exact) mass is 426 g/mol. The van der Waals surface area contributed by atoms with Crippen LogP contribution in [0.3, 0.4) is 0 Å². The maximum atomic E-state index is 11.5. The normalized spacial score (nSPS) is 14.4. The minimum Gasteiger partial charge on any atom is -0.497 e. The maximum absolute atomic E-state index is 11.5. The first kappa shape index (κ1) is 22.4. The van der Waals surface area contributed by atoms with Crippen LogP contribution < -0.4 is 10.5 Å². The third-order valence-corrected chi connectivity index (χ3v) is 4.49. The molecule has 30 heavy (non-hydrogen) atoms. The molecule has 8 heteroatoms. The average Bonchev–Trinajstić information content (AvgIpc) is 2.70. The Bertz CT molecular complexity index is 1110. The third-order valence-electron chi connectivity index (χ3n) is 4.49. The summed E-state index contributed by atoms with van der Waals surface area (Å²) >= 11 is 0. The Morgan fingerprint density at radius 3 is 2.17 bits per heavy atom. The maximum Gasteiger partial charge on any atom is 0.337 e. The molecule has 0 aromatic heterocycles. The minimum absolute atomic E-state index is 0. The molecule has 3 rings (SSSR count). The summed E-state index contributed by atoms with van der Waals surface area (Å²) < 4.78 is 5.19. The van der Waals surface area contributed by atoms with Crippen LogP contribution in [0.5, 0.6) is 5.75 Å². The molecule has 1 aliphatic rings. The fourth-order valence-corrected chi connectivity index (χ4v) is 3.03. The van der Waals surface area contributed by atoms with E-state index >= 15 is 0 Å². The molecule has 154 valence electrons. The van der Waals surface area contributed by atoms with Gasteiger partial charge in [-0.2, -0.15) is 0 Å². The largest absolute Gasteiger partial charge is 0.497 e. The second kappa shape index (κ2) is 9.11. The molecule has 0 bridgehead atoms. The Balaban J connectivity index is 0.00000320. The molecule has 0 heterocycles. The summed E-state index contributed by atoms with van der Waals surface area (Å²) in [6.45, 7) is 0. The number of hydrogen-bond acceptors (Lipinski definition) is 5. The Hall–Kier alpha value is -3.84. The molecule has 0 amide bonds. The van der Waals surface area contributed by atoms with E-state index in [0.717, 1.165) is 5.56 Å². The first-order valence-electron chi connectivity index (χ1n) is 8.55. The number of nitrogens with one attached hydrogen (secondary N) is 1. The fraction of sp³-hybridized carbons (Fsp3) is 0.0455. The number of benzene rings is 2. The van der Waals surface area contributed by atoms with Crippen molar-refractivity contribution in [2.45, 2.75) is 0 Å². The molecule has 0 spiro atoms. The number of hydrogen-bond donors (Lipinski definition) is 4. The standard InChI is InChI=1S/C22H18N2O5.ClH/c1-29-15-6-2-12(3-7-15)20(13-4-8-18(23)16(10-13)21(25)26)14-5-9-19(24)17(11-14)22(27)28;/h2-11,23H,24H2,1H3,(H,25,26)(H,27,28);1H. The van der Waals surface area contributed by atoms with Gasteiger partial charge in [-0.05, 0) is 58.7 Å². The molecule has 2 aromatic rings. The van der Waals surface area contributed by atoms with Crippen LogP contribution in [0.1, 0.15) is 21.5 Å². The van der Waals surface area contributed by atoms with E-state index in [1.54, 1.807) is 43.5 Å². The van der Waals surface area contributed by atoms with Gasteiger partial charge in [-0.15, -0.1) is 12.4 Å². The van der Waals surface area contributed by atoms with Crippen molar-refractivity contribution in [2.24, 2.45) is 0 Å². The van der Waals surface area contributed by atoms with Gasteiger partial charge in [0.15, 0.2) is 0 Å². The summed E-state index contributed by atoms with van der Waals surface area (Å²) in [5.74, 6) is -1.73. The van der Waals surface area contributed by atoms with Gasteiger partial charge >= 0.3 is 11.9 Å². The van der Waals surface area contributed by atoms with E-state index in [9.17, 15) is 19.8 Å². The van der Waals surface area contributed by atoms with Crippen LogP contribution in [0.2, 0.25) is 0 Å². The highest BCUT2D eigenvalue weighted by Gasteiger charge is 2.20. The van der Waals surface area contributed by atoms with Gasteiger partial charge in [-0.3, -0.25) is 0 Å². The van der Waals surface area contributed by atoms with Crippen molar-refractivity contribution < 1.29 is 24.5 Å². The number of methoxy groups -OCH3 is 1. The van der Waals surface area contributed by atoms with E-state index in [2.05, 4.69) is 0 Å². The van der Waals surface area contributed by atoms with E-state index < -0.39 is 11.9 Å². The van der Waals surface area contributed by atoms with Gasteiger partial charge in [0.05, 0.1) is 24.0 Å². The highest BCUT2D eigenvalue weighted by molar-refractivity contribution is 6.24. The molecular weight excluding hydrogens is 408 g/mol. The van der Waals surface area contributed by atoms with Crippen molar-refractivity contribution >= 4 is 41.3 Å². The van der Waals surface area contributed by atoms with Crippen LogP contribution in [-0.4, -0.2) is 35.0 Å².